The summed E-state index contributed by atoms with van der Waals surface area (Å²) in [6.45, 7) is 2.80. The molecule has 20 heavy (non-hydrogen) atoms. The predicted molar refractivity (Wildman–Crippen MR) is 82.7 cm³/mol. The van der Waals surface area contributed by atoms with Crippen molar-refractivity contribution >= 4 is 15.9 Å². The van der Waals surface area contributed by atoms with Gasteiger partial charge in [0.15, 0.2) is 0 Å². The third-order valence-corrected chi connectivity index (χ3v) is 4.38. The van der Waals surface area contributed by atoms with E-state index >= 15 is 0 Å². The highest BCUT2D eigenvalue weighted by atomic mass is 79.9. The second kappa shape index (κ2) is 6.10. The molecule has 1 aromatic carbocycles. The first-order valence-electron chi connectivity index (χ1n) is 7.19. The van der Waals surface area contributed by atoms with Gasteiger partial charge in [-0.05, 0) is 42.5 Å². The third kappa shape index (κ3) is 3.13. The van der Waals surface area contributed by atoms with E-state index < -0.39 is 0 Å². The van der Waals surface area contributed by atoms with E-state index in [0.29, 0.717) is 6.04 Å². The van der Waals surface area contributed by atoms with Crippen LogP contribution in [-0.4, -0.2) is 11.0 Å². The highest BCUT2D eigenvalue weighted by molar-refractivity contribution is 9.10. The van der Waals surface area contributed by atoms with Crippen LogP contribution in [0.2, 0.25) is 0 Å². The fourth-order valence-corrected chi connectivity index (χ4v) is 3.13. The second-order valence-corrected chi connectivity index (χ2v) is 6.22. The van der Waals surface area contributed by atoms with Gasteiger partial charge >= 0.3 is 0 Å². The largest absolute Gasteiger partial charge is 0.444 e. The Morgan fingerprint density at radius 2 is 2.30 bits per heavy atom. The number of aromatic nitrogens is 1. The van der Waals surface area contributed by atoms with Crippen molar-refractivity contribution in [3.05, 3.63) is 51.6 Å². The van der Waals surface area contributed by atoms with Crippen molar-refractivity contribution in [3.63, 3.8) is 0 Å². The highest BCUT2D eigenvalue weighted by Crippen LogP contribution is 2.25. The van der Waals surface area contributed by atoms with E-state index in [4.69, 9.17) is 4.42 Å². The second-order valence-electron chi connectivity index (χ2n) is 5.31. The molecule has 0 saturated carbocycles. The summed E-state index contributed by atoms with van der Waals surface area (Å²) in [6, 6.07) is 7.12. The first-order valence-corrected chi connectivity index (χ1v) is 7.98. The van der Waals surface area contributed by atoms with Crippen LogP contribution in [-0.2, 0) is 25.8 Å². The van der Waals surface area contributed by atoms with Crippen LogP contribution in [0.25, 0.3) is 0 Å². The highest BCUT2D eigenvalue weighted by Gasteiger charge is 2.18. The Labute approximate surface area is 127 Å². The molecule has 0 radical (unpaired) electrons. The quantitative estimate of drug-likeness (QED) is 0.927. The molecule has 1 atom stereocenters. The van der Waals surface area contributed by atoms with Gasteiger partial charge in [-0.2, -0.15) is 0 Å². The molecule has 0 spiro atoms. The maximum absolute atomic E-state index is 5.63. The molecule has 1 aliphatic rings. The number of fused-ring (bicyclic) bond motifs is 1. The lowest BCUT2D eigenvalue weighted by Gasteiger charge is -2.25. The molecule has 3 rings (SSSR count). The predicted octanol–water partition coefficient (Wildman–Crippen LogP) is 3.65. The summed E-state index contributed by atoms with van der Waals surface area (Å²) in [6.07, 6.45) is 6.12. The van der Waals surface area contributed by atoms with Crippen LogP contribution < -0.4 is 5.32 Å². The van der Waals surface area contributed by atoms with E-state index in [9.17, 15) is 0 Å². The smallest absolute Gasteiger partial charge is 0.208 e. The lowest BCUT2D eigenvalue weighted by Crippen LogP contribution is -2.34. The summed E-state index contributed by atoms with van der Waals surface area (Å²) in [4.78, 5) is 4.29. The van der Waals surface area contributed by atoms with Crippen molar-refractivity contribution in [2.45, 2.75) is 45.2 Å². The van der Waals surface area contributed by atoms with Gasteiger partial charge in [0.05, 0.1) is 12.7 Å². The van der Waals surface area contributed by atoms with Crippen molar-refractivity contribution in [1.29, 1.82) is 0 Å². The number of halogens is 1. The number of hydrogen-bond donors (Lipinski definition) is 1. The first kappa shape index (κ1) is 13.8. The van der Waals surface area contributed by atoms with E-state index in [1.54, 1.807) is 0 Å². The topological polar surface area (TPSA) is 38.1 Å². The lowest BCUT2D eigenvalue weighted by molar-refractivity contribution is 0.395. The van der Waals surface area contributed by atoms with E-state index in [2.05, 4.69) is 51.4 Å². The third-order valence-electron chi connectivity index (χ3n) is 3.89. The SMILES string of the molecule is CCc1cnc(CNC2CCc3cc(Br)ccc3C2)o1. The van der Waals surface area contributed by atoms with Crippen LogP contribution in [0, 0.1) is 0 Å². The van der Waals surface area contributed by atoms with E-state index in [-0.39, 0.29) is 0 Å². The van der Waals surface area contributed by atoms with Crippen LogP contribution in [0.1, 0.15) is 36.1 Å². The van der Waals surface area contributed by atoms with Gasteiger partial charge in [0.25, 0.3) is 0 Å². The zero-order valence-electron chi connectivity index (χ0n) is 11.7. The number of nitrogens with zero attached hydrogens (tertiary/aromatic N) is 1. The Hall–Kier alpha value is -1.13. The van der Waals surface area contributed by atoms with E-state index in [1.807, 2.05) is 6.20 Å². The molecule has 0 fully saturated rings. The average molecular weight is 335 g/mol. The number of benzene rings is 1. The van der Waals surface area contributed by atoms with Gasteiger partial charge in [0.2, 0.25) is 5.89 Å². The zero-order valence-corrected chi connectivity index (χ0v) is 13.2. The summed E-state index contributed by atoms with van der Waals surface area (Å²) in [5, 5.41) is 3.56. The van der Waals surface area contributed by atoms with Gasteiger partial charge < -0.3 is 9.73 Å². The number of aryl methyl sites for hydroxylation is 2. The maximum atomic E-state index is 5.63. The zero-order chi connectivity index (χ0) is 13.9. The Kier molecular flexibility index (Phi) is 4.22. The average Bonchev–Trinajstić information content (AvgIpc) is 2.93. The molecule has 1 unspecified atom stereocenters. The minimum absolute atomic E-state index is 0.514. The van der Waals surface area contributed by atoms with E-state index in [1.165, 1.54) is 22.0 Å². The number of oxazole rings is 1. The van der Waals surface area contributed by atoms with Gasteiger partial charge in [-0.15, -0.1) is 0 Å². The van der Waals surface area contributed by atoms with Gasteiger partial charge in [-0.25, -0.2) is 4.98 Å². The molecule has 3 nitrogen and oxygen atoms in total. The van der Waals surface area contributed by atoms with Gasteiger partial charge in [0.1, 0.15) is 5.76 Å². The molecule has 0 bridgehead atoms. The van der Waals surface area contributed by atoms with E-state index in [0.717, 1.165) is 37.5 Å². The molecule has 106 valence electrons. The van der Waals surface area contributed by atoms with Crippen molar-refractivity contribution in [2.24, 2.45) is 0 Å². The Balaban J connectivity index is 1.58. The summed E-state index contributed by atoms with van der Waals surface area (Å²) in [5.74, 6) is 1.75. The lowest BCUT2D eigenvalue weighted by atomic mass is 9.88. The van der Waals surface area contributed by atoms with Crippen LogP contribution in [0.4, 0.5) is 0 Å². The molecule has 1 N–H and O–H groups in total. The first-order chi connectivity index (χ1) is 9.74. The summed E-state index contributed by atoms with van der Waals surface area (Å²) < 4.78 is 6.80. The molecule has 0 saturated heterocycles. The van der Waals surface area contributed by atoms with Crippen LogP contribution in [0.15, 0.2) is 33.3 Å². The van der Waals surface area contributed by atoms with Crippen molar-refractivity contribution < 1.29 is 4.42 Å². The normalized spacial score (nSPS) is 18.0. The van der Waals surface area contributed by atoms with Crippen LogP contribution >= 0.6 is 15.9 Å². The van der Waals surface area contributed by atoms with Crippen LogP contribution in [0.3, 0.4) is 0 Å². The summed E-state index contributed by atoms with van der Waals surface area (Å²) in [7, 11) is 0. The van der Waals surface area contributed by atoms with Crippen molar-refractivity contribution in [2.75, 3.05) is 0 Å². The number of hydrogen-bond acceptors (Lipinski definition) is 3. The molecule has 0 aliphatic heterocycles. The fourth-order valence-electron chi connectivity index (χ4n) is 2.72. The van der Waals surface area contributed by atoms with Gasteiger partial charge in [-0.1, -0.05) is 28.9 Å². The van der Waals surface area contributed by atoms with Crippen molar-refractivity contribution in [1.82, 2.24) is 10.3 Å². The minimum Gasteiger partial charge on any atom is -0.444 e. The maximum Gasteiger partial charge on any atom is 0.208 e. The molecule has 1 heterocycles. The van der Waals surface area contributed by atoms with Crippen molar-refractivity contribution in [3.8, 4) is 0 Å². The molecule has 1 aromatic heterocycles. The molecular formula is C16H19BrN2O. The molecule has 0 amide bonds. The van der Waals surface area contributed by atoms with Crippen LogP contribution in [0.5, 0.6) is 0 Å². The molecule has 2 aromatic rings. The molecule has 4 heteroatoms. The molecular weight excluding hydrogens is 316 g/mol. The standard InChI is InChI=1S/C16H19BrN2O/c1-2-15-9-19-16(20-15)10-18-14-6-4-11-7-13(17)5-3-12(11)8-14/h3,5,7,9,14,18H,2,4,6,8,10H2,1H3. The van der Waals surface area contributed by atoms with Gasteiger partial charge in [0, 0.05) is 16.9 Å². The molecule has 1 aliphatic carbocycles. The number of nitrogens with one attached hydrogen (secondary N) is 1. The summed E-state index contributed by atoms with van der Waals surface area (Å²) in [5.41, 5.74) is 2.93. The van der Waals surface area contributed by atoms with Gasteiger partial charge in [-0.3, -0.25) is 0 Å². The Morgan fingerprint density at radius 3 is 3.10 bits per heavy atom. The number of rotatable bonds is 4. The summed E-state index contributed by atoms with van der Waals surface area (Å²) >= 11 is 3.54. The minimum atomic E-state index is 0.514. The Bertz CT molecular complexity index is 594. The Morgan fingerprint density at radius 1 is 1.40 bits per heavy atom. The monoisotopic (exact) mass is 334 g/mol. The fraction of sp³-hybridized carbons (Fsp3) is 0.438.